The van der Waals surface area contributed by atoms with Gasteiger partial charge in [-0.2, -0.15) is 0 Å². The quantitative estimate of drug-likeness (QED) is 0.917. The van der Waals surface area contributed by atoms with Gasteiger partial charge in [0.05, 0.1) is 0 Å². The molecule has 0 radical (unpaired) electrons. The van der Waals surface area contributed by atoms with Gasteiger partial charge in [0, 0.05) is 31.5 Å². The molecular weight excluding hydrogens is 238 g/mol. The van der Waals surface area contributed by atoms with Gasteiger partial charge in [0.1, 0.15) is 5.82 Å². The van der Waals surface area contributed by atoms with Crippen molar-refractivity contribution in [1.82, 2.24) is 4.98 Å². The Labute approximate surface area is 113 Å². The van der Waals surface area contributed by atoms with E-state index in [2.05, 4.69) is 10.3 Å². The minimum atomic E-state index is -0.0514. The topological polar surface area (TPSA) is 45.2 Å². The maximum atomic E-state index is 12.4. The number of carbonyl (C=O) groups is 1. The molecule has 1 heterocycles. The Bertz CT molecular complexity index is 595. The summed E-state index contributed by atoms with van der Waals surface area (Å²) in [6.45, 7) is 2.01. The lowest BCUT2D eigenvalue weighted by Gasteiger charge is -2.18. The molecule has 0 atom stereocenters. The molecule has 1 N–H and O–H groups in total. The molecule has 1 amide bonds. The van der Waals surface area contributed by atoms with Crippen LogP contribution in [0.3, 0.4) is 0 Å². The first-order chi connectivity index (χ1) is 9.11. The standard InChI is InChI=1S/C15H17N3O/c1-11-5-4-6-13(9-11)18(3)15(19)12-7-8-17-14(10-12)16-2/h4-10H,1-3H3,(H,16,17). The van der Waals surface area contributed by atoms with E-state index >= 15 is 0 Å². The van der Waals surface area contributed by atoms with E-state index in [1.807, 2.05) is 31.2 Å². The van der Waals surface area contributed by atoms with Crippen molar-refractivity contribution in [3.8, 4) is 0 Å². The summed E-state index contributed by atoms with van der Waals surface area (Å²) in [6.07, 6.45) is 1.63. The predicted octanol–water partition coefficient (Wildman–Crippen LogP) is 2.71. The Morgan fingerprint density at radius 2 is 2.05 bits per heavy atom. The van der Waals surface area contributed by atoms with Gasteiger partial charge in [-0.3, -0.25) is 4.79 Å². The van der Waals surface area contributed by atoms with Gasteiger partial charge in [0.25, 0.3) is 5.91 Å². The molecule has 19 heavy (non-hydrogen) atoms. The molecule has 0 saturated heterocycles. The summed E-state index contributed by atoms with van der Waals surface area (Å²) in [6, 6.07) is 11.3. The van der Waals surface area contributed by atoms with Crippen LogP contribution in [0, 0.1) is 6.92 Å². The second kappa shape index (κ2) is 5.52. The summed E-state index contributed by atoms with van der Waals surface area (Å²) in [4.78, 5) is 18.1. The van der Waals surface area contributed by atoms with Gasteiger partial charge in [-0.25, -0.2) is 4.98 Å². The van der Waals surface area contributed by atoms with Crippen molar-refractivity contribution in [3.05, 3.63) is 53.7 Å². The highest BCUT2D eigenvalue weighted by Gasteiger charge is 2.14. The van der Waals surface area contributed by atoms with Gasteiger partial charge < -0.3 is 10.2 Å². The van der Waals surface area contributed by atoms with Crippen LogP contribution < -0.4 is 10.2 Å². The number of benzene rings is 1. The predicted molar refractivity (Wildman–Crippen MR) is 77.7 cm³/mol. The Morgan fingerprint density at radius 1 is 1.26 bits per heavy atom. The van der Waals surface area contributed by atoms with Crippen LogP contribution in [0.15, 0.2) is 42.6 Å². The van der Waals surface area contributed by atoms with Gasteiger partial charge in [0.15, 0.2) is 0 Å². The zero-order chi connectivity index (χ0) is 13.8. The fourth-order valence-electron chi connectivity index (χ4n) is 1.85. The first-order valence-corrected chi connectivity index (χ1v) is 6.10. The fourth-order valence-corrected chi connectivity index (χ4v) is 1.85. The zero-order valence-electron chi connectivity index (χ0n) is 11.3. The number of hydrogen-bond acceptors (Lipinski definition) is 3. The minimum absolute atomic E-state index is 0.0514. The number of aryl methyl sites for hydroxylation is 1. The summed E-state index contributed by atoms with van der Waals surface area (Å²) < 4.78 is 0. The van der Waals surface area contributed by atoms with Gasteiger partial charge in [-0.05, 0) is 36.8 Å². The van der Waals surface area contributed by atoms with Crippen molar-refractivity contribution in [3.63, 3.8) is 0 Å². The first-order valence-electron chi connectivity index (χ1n) is 6.10. The van der Waals surface area contributed by atoms with Crippen LogP contribution in [-0.2, 0) is 0 Å². The van der Waals surface area contributed by atoms with Crippen LogP contribution in [-0.4, -0.2) is 25.0 Å². The smallest absolute Gasteiger partial charge is 0.258 e. The number of carbonyl (C=O) groups excluding carboxylic acids is 1. The lowest BCUT2D eigenvalue weighted by atomic mass is 10.2. The molecule has 0 bridgehead atoms. The highest BCUT2D eigenvalue weighted by molar-refractivity contribution is 6.06. The number of hydrogen-bond donors (Lipinski definition) is 1. The summed E-state index contributed by atoms with van der Waals surface area (Å²) >= 11 is 0. The second-order valence-electron chi connectivity index (χ2n) is 4.38. The molecule has 0 aliphatic heterocycles. The number of anilines is 2. The third-order valence-corrected chi connectivity index (χ3v) is 2.96. The third kappa shape index (κ3) is 2.91. The van der Waals surface area contributed by atoms with Crippen molar-refractivity contribution in [2.45, 2.75) is 6.92 Å². The van der Waals surface area contributed by atoms with Crippen LogP contribution in [0.25, 0.3) is 0 Å². The molecule has 0 unspecified atom stereocenters. The molecule has 1 aromatic heterocycles. The average Bonchev–Trinajstić information content (AvgIpc) is 2.45. The molecular formula is C15H17N3O. The van der Waals surface area contributed by atoms with E-state index in [1.165, 1.54) is 0 Å². The van der Waals surface area contributed by atoms with Crippen molar-refractivity contribution in [1.29, 1.82) is 0 Å². The molecule has 4 nitrogen and oxygen atoms in total. The number of rotatable bonds is 3. The number of pyridine rings is 1. The van der Waals surface area contributed by atoms with Crippen molar-refractivity contribution >= 4 is 17.4 Å². The third-order valence-electron chi connectivity index (χ3n) is 2.96. The minimum Gasteiger partial charge on any atom is -0.373 e. The van der Waals surface area contributed by atoms with Crippen LogP contribution in [0.5, 0.6) is 0 Å². The molecule has 0 saturated carbocycles. The van der Waals surface area contributed by atoms with Crippen LogP contribution >= 0.6 is 0 Å². The van der Waals surface area contributed by atoms with E-state index in [-0.39, 0.29) is 5.91 Å². The highest BCUT2D eigenvalue weighted by atomic mass is 16.2. The van der Waals surface area contributed by atoms with Crippen molar-refractivity contribution < 1.29 is 4.79 Å². The number of aromatic nitrogens is 1. The zero-order valence-corrected chi connectivity index (χ0v) is 11.3. The van der Waals surface area contributed by atoms with E-state index in [1.54, 1.807) is 37.3 Å². The summed E-state index contributed by atoms with van der Waals surface area (Å²) in [5, 5.41) is 2.93. The molecule has 98 valence electrons. The number of nitrogens with zero attached hydrogens (tertiary/aromatic N) is 2. The molecule has 0 spiro atoms. The number of nitrogens with one attached hydrogen (secondary N) is 1. The maximum absolute atomic E-state index is 12.4. The lowest BCUT2D eigenvalue weighted by Crippen LogP contribution is -2.26. The molecule has 0 fully saturated rings. The second-order valence-corrected chi connectivity index (χ2v) is 4.38. The van der Waals surface area contributed by atoms with Crippen molar-refractivity contribution in [2.75, 3.05) is 24.3 Å². The van der Waals surface area contributed by atoms with Crippen molar-refractivity contribution in [2.24, 2.45) is 0 Å². The van der Waals surface area contributed by atoms with Gasteiger partial charge in [0.2, 0.25) is 0 Å². The van der Waals surface area contributed by atoms with Gasteiger partial charge >= 0.3 is 0 Å². The van der Waals surface area contributed by atoms with E-state index in [4.69, 9.17) is 0 Å². The first kappa shape index (κ1) is 13.1. The van der Waals surface area contributed by atoms with E-state index in [0.717, 1.165) is 11.3 Å². The maximum Gasteiger partial charge on any atom is 0.258 e. The van der Waals surface area contributed by atoms with Crippen LogP contribution in [0.1, 0.15) is 15.9 Å². The normalized spacial score (nSPS) is 10.1. The number of amides is 1. The monoisotopic (exact) mass is 255 g/mol. The SMILES string of the molecule is CNc1cc(C(=O)N(C)c2cccc(C)c2)ccn1. The Kier molecular flexibility index (Phi) is 3.80. The Hall–Kier alpha value is -2.36. The molecule has 0 aliphatic carbocycles. The van der Waals surface area contributed by atoms with Crippen LogP contribution in [0.4, 0.5) is 11.5 Å². The Morgan fingerprint density at radius 3 is 2.74 bits per heavy atom. The van der Waals surface area contributed by atoms with Gasteiger partial charge in [-0.1, -0.05) is 12.1 Å². The largest absolute Gasteiger partial charge is 0.373 e. The summed E-state index contributed by atoms with van der Waals surface area (Å²) in [5.41, 5.74) is 2.62. The highest BCUT2D eigenvalue weighted by Crippen LogP contribution is 2.17. The van der Waals surface area contributed by atoms with E-state index < -0.39 is 0 Å². The molecule has 4 heteroatoms. The molecule has 2 rings (SSSR count). The summed E-state index contributed by atoms with van der Waals surface area (Å²) in [5.74, 6) is 0.632. The van der Waals surface area contributed by atoms with E-state index in [9.17, 15) is 4.79 Å². The van der Waals surface area contributed by atoms with E-state index in [0.29, 0.717) is 11.4 Å². The average molecular weight is 255 g/mol. The lowest BCUT2D eigenvalue weighted by molar-refractivity contribution is 0.0993. The van der Waals surface area contributed by atoms with Crippen LogP contribution in [0.2, 0.25) is 0 Å². The molecule has 0 aliphatic rings. The molecule has 2 aromatic rings. The fraction of sp³-hybridized carbons (Fsp3) is 0.200. The summed E-state index contributed by atoms with van der Waals surface area (Å²) in [7, 11) is 3.55. The molecule has 1 aromatic carbocycles. The van der Waals surface area contributed by atoms with Gasteiger partial charge in [-0.15, -0.1) is 0 Å². The Balaban J connectivity index is 2.28.